The zero-order chi connectivity index (χ0) is 14.4. The monoisotopic (exact) mass is 302 g/mol. The van der Waals surface area contributed by atoms with E-state index in [1.54, 1.807) is 17.6 Å². The molecule has 0 fully saturated rings. The quantitative estimate of drug-likeness (QED) is 0.804. The SMILES string of the molecule is O=C(O)CCCc1csc2nc3c(n12)CCc1occc1-3. The maximum Gasteiger partial charge on any atom is 0.303 e. The van der Waals surface area contributed by atoms with Gasteiger partial charge in [-0.1, -0.05) is 0 Å². The third-order valence-electron chi connectivity index (χ3n) is 3.94. The average molecular weight is 302 g/mol. The molecule has 0 atom stereocenters. The number of thiazole rings is 1. The number of carboxylic acids is 1. The van der Waals surface area contributed by atoms with Crippen molar-refractivity contribution in [3.63, 3.8) is 0 Å². The number of imidazole rings is 1. The Morgan fingerprint density at radius 1 is 1.48 bits per heavy atom. The number of carbonyl (C=O) groups is 1. The Kier molecular flexibility index (Phi) is 2.85. The summed E-state index contributed by atoms with van der Waals surface area (Å²) < 4.78 is 7.70. The molecule has 3 aromatic rings. The molecular formula is C15H14N2O3S. The molecule has 0 saturated heterocycles. The van der Waals surface area contributed by atoms with Crippen LogP contribution in [0.4, 0.5) is 0 Å². The highest BCUT2D eigenvalue weighted by Gasteiger charge is 2.25. The van der Waals surface area contributed by atoms with Gasteiger partial charge >= 0.3 is 5.97 Å². The fourth-order valence-corrected chi connectivity index (χ4v) is 3.94. The molecule has 5 nitrogen and oxygen atoms in total. The molecule has 0 spiro atoms. The Bertz CT molecular complexity index is 827. The molecule has 3 aromatic heterocycles. The molecule has 6 heteroatoms. The van der Waals surface area contributed by atoms with E-state index >= 15 is 0 Å². The van der Waals surface area contributed by atoms with E-state index in [4.69, 9.17) is 14.5 Å². The molecule has 21 heavy (non-hydrogen) atoms. The second-order valence-electron chi connectivity index (χ2n) is 5.26. The molecule has 0 bridgehead atoms. The number of nitrogens with zero attached hydrogens (tertiary/aromatic N) is 2. The van der Waals surface area contributed by atoms with Crippen LogP contribution in [0.5, 0.6) is 0 Å². The zero-order valence-electron chi connectivity index (χ0n) is 11.3. The first-order valence-corrected chi connectivity index (χ1v) is 7.88. The molecule has 0 aliphatic heterocycles. The molecular weight excluding hydrogens is 288 g/mol. The minimum Gasteiger partial charge on any atom is -0.481 e. The van der Waals surface area contributed by atoms with E-state index in [0.29, 0.717) is 6.42 Å². The lowest BCUT2D eigenvalue weighted by molar-refractivity contribution is -0.137. The van der Waals surface area contributed by atoms with Gasteiger partial charge in [0.15, 0.2) is 4.96 Å². The fourth-order valence-electron chi connectivity index (χ4n) is 2.99. The van der Waals surface area contributed by atoms with Crippen LogP contribution >= 0.6 is 11.3 Å². The summed E-state index contributed by atoms with van der Waals surface area (Å²) in [6.45, 7) is 0. The van der Waals surface area contributed by atoms with Crippen molar-refractivity contribution in [1.82, 2.24) is 9.38 Å². The number of hydrogen-bond donors (Lipinski definition) is 1. The van der Waals surface area contributed by atoms with Crippen molar-refractivity contribution in [1.29, 1.82) is 0 Å². The molecule has 1 aliphatic carbocycles. The van der Waals surface area contributed by atoms with Gasteiger partial charge in [-0.15, -0.1) is 11.3 Å². The summed E-state index contributed by atoms with van der Waals surface area (Å²) in [4.78, 5) is 16.4. The zero-order valence-corrected chi connectivity index (χ0v) is 12.2. The number of aliphatic carboxylic acids is 1. The van der Waals surface area contributed by atoms with Crippen molar-refractivity contribution < 1.29 is 14.3 Å². The van der Waals surface area contributed by atoms with E-state index < -0.39 is 5.97 Å². The minimum absolute atomic E-state index is 0.208. The molecule has 1 N–H and O–H groups in total. The van der Waals surface area contributed by atoms with Gasteiger partial charge in [-0.05, 0) is 25.3 Å². The maximum absolute atomic E-state index is 10.7. The van der Waals surface area contributed by atoms with Crippen molar-refractivity contribution >= 4 is 22.3 Å². The summed E-state index contributed by atoms with van der Waals surface area (Å²) in [6.07, 6.45) is 5.17. The Morgan fingerprint density at radius 2 is 2.38 bits per heavy atom. The van der Waals surface area contributed by atoms with E-state index in [1.807, 2.05) is 6.07 Å². The molecule has 1 aliphatic rings. The predicted molar refractivity (Wildman–Crippen MR) is 78.8 cm³/mol. The van der Waals surface area contributed by atoms with Gasteiger partial charge in [-0.25, -0.2) is 4.98 Å². The first-order chi connectivity index (χ1) is 10.2. The normalized spacial score (nSPS) is 13.3. The summed E-state index contributed by atoms with van der Waals surface area (Å²) in [5.74, 6) is 0.276. The second kappa shape index (κ2) is 4.73. The van der Waals surface area contributed by atoms with Crippen LogP contribution in [-0.2, 0) is 24.1 Å². The lowest BCUT2D eigenvalue weighted by Crippen LogP contribution is -2.05. The standard InChI is InChI=1S/C15H14N2O3S/c18-13(19)3-1-2-9-8-21-15-16-14-10-6-7-20-12(10)5-4-11(14)17(9)15/h6-8H,1-5H2,(H,18,19). The van der Waals surface area contributed by atoms with Crippen LogP contribution < -0.4 is 0 Å². The molecule has 108 valence electrons. The molecule has 0 saturated carbocycles. The predicted octanol–water partition coefficient (Wildman–Crippen LogP) is 3.16. The van der Waals surface area contributed by atoms with Gasteiger partial charge < -0.3 is 9.52 Å². The highest BCUT2D eigenvalue weighted by atomic mass is 32.1. The number of fused-ring (bicyclic) bond motifs is 5. The van der Waals surface area contributed by atoms with Crippen LogP contribution in [0.2, 0.25) is 0 Å². The van der Waals surface area contributed by atoms with Crippen molar-refractivity contribution in [2.45, 2.75) is 32.1 Å². The van der Waals surface area contributed by atoms with Crippen molar-refractivity contribution in [2.75, 3.05) is 0 Å². The third kappa shape index (κ3) is 1.98. The van der Waals surface area contributed by atoms with Crippen LogP contribution in [0.25, 0.3) is 16.2 Å². The van der Waals surface area contributed by atoms with Crippen LogP contribution in [0.3, 0.4) is 0 Å². The topological polar surface area (TPSA) is 67.7 Å². The van der Waals surface area contributed by atoms with Crippen LogP contribution in [-0.4, -0.2) is 20.5 Å². The Morgan fingerprint density at radius 3 is 3.24 bits per heavy atom. The fraction of sp³-hybridized carbons (Fsp3) is 0.333. The van der Waals surface area contributed by atoms with E-state index in [0.717, 1.165) is 46.9 Å². The number of rotatable bonds is 4. The summed E-state index contributed by atoms with van der Waals surface area (Å²) in [7, 11) is 0. The lowest BCUT2D eigenvalue weighted by Gasteiger charge is -2.11. The third-order valence-corrected chi connectivity index (χ3v) is 4.82. The van der Waals surface area contributed by atoms with E-state index in [-0.39, 0.29) is 6.42 Å². The van der Waals surface area contributed by atoms with E-state index in [9.17, 15) is 4.79 Å². The average Bonchev–Trinajstić information content (AvgIpc) is 3.11. The first kappa shape index (κ1) is 12.6. The molecule has 0 amide bonds. The number of carboxylic acid groups (broad SMARTS) is 1. The highest BCUT2D eigenvalue weighted by Crippen LogP contribution is 2.36. The van der Waals surface area contributed by atoms with Crippen LogP contribution in [0, 0.1) is 0 Å². The van der Waals surface area contributed by atoms with Crippen molar-refractivity contribution in [3.8, 4) is 11.3 Å². The highest BCUT2D eigenvalue weighted by molar-refractivity contribution is 7.15. The van der Waals surface area contributed by atoms with Crippen molar-refractivity contribution in [3.05, 3.63) is 34.9 Å². The number of aromatic nitrogens is 2. The van der Waals surface area contributed by atoms with Gasteiger partial charge in [0.05, 0.1) is 17.7 Å². The van der Waals surface area contributed by atoms with Gasteiger partial charge in [-0.2, -0.15) is 0 Å². The summed E-state index contributed by atoms with van der Waals surface area (Å²) in [6, 6.07) is 1.98. The largest absolute Gasteiger partial charge is 0.481 e. The molecule has 0 unspecified atom stereocenters. The Balaban J connectivity index is 1.74. The molecule has 0 radical (unpaired) electrons. The van der Waals surface area contributed by atoms with Gasteiger partial charge in [0, 0.05) is 29.5 Å². The first-order valence-electron chi connectivity index (χ1n) is 7.00. The van der Waals surface area contributed by atoms with Crippen LogP contribution in [0.15, 0.2) is 22.1 Å². The smallest absolute Gasteiger partial charge is 0.303 e. The molecule has 0 aromatic carbocycles. The van der Waals surface area contributed by atoms with E-state index in [1.165, 1.54) is 5.69 Å². The van der Waals surface area contributed by atoms with Gasteiger partial charge in [0.25, 0.3) is 0 Å². The van der Waals surface area contributed by atoms with Gasteiger partial charge in [0.2, 0.25) is 0 Å². The summed E-state index contributed by atoms with van der Waals surface area (Å²) in [5.41, 5.74) is 4.52. The number of furan rings is 1. The van der Waals surface area contributed by atoms with Crippen molar-refractivity contribution in [2.24, 2.45) is 0 Å². The lowest BCUT2D eigenvalue weighted by atomic mass is 9.99. The van der Waals surface area contributed by atoms with E-state index in [2.05, 4.69) is 9.78 Å². The van der Waals surface area contributed by atoms with Gasteiger partial charge in [-0.3, -0.25) is 9.20 Å². The van der Waals surface area contributed by atoms with Crippen LogP contribution in [0.1, 0.15) is 30.0 Å². The number of hydrogen-bond acceptors (Lipinski definition) is 4. The Labute approximate surface area is 124 Å². The maximum atomic E-state index is 10.7. The summed E-state index contributed by atoms with van der Waals surface area (Å²) in [5, 5.41) is 10.9. The minimum atomic E-state index is -0.739. The van der Waals surface area contributed by atoms with Gasteiger partial charge in [0.1, 0.15) is 5.76 Å². The summed E-state index contributed by atoms with van der Waals surface area (Å²) >= 11 is 1.62. The second-order valence-corrected chi connectivity index (χ2v) is 6.09. The molecule has 4 rings (SSSR count). The number of aryl methyl sites for hydroxylation is 3. The Hall–Kier alpha value is -2.08. The molecule has 3 heterocycles.